The lowest BCUT2D eigenvalue weighted by molar-refractivity contribution is -0.138. The maximum absolute atomic E-state index is 10.7. The number of hydrogen-bond donors (Lipinski definition) is 0. The van der Waals surface area contributed by atoms with Crippen LogP contribution in [0.3, 0.4) is 0 Å². The van der Waals surface area contributed by atoms with Crippen molar-refractivity contribution in [3.63, 3.8) is 0 Å². The molecule has 3 saturated carbocycles. The number of esters is 1. The molecule has 0 saturated heterocycles. The molecule has 3 fully saturated rings. The van der Waals surface area contributed by atoms with Gasteiger partial charge in [0.15, 0.2) is 0 Å². The summed E-state index contributed by atoms with van der Waals surface area (Å²) in [6.45, 7) is 1.40. The summed E-state index contributed by atoms with van der Waals surface area (Å²) in [6.07, 6.45) is 7.07. The molecule has 0 radical (unpaired) electrons. The van der Waals surface area contributed by atoms with Gasteiger partial charge in [-0.15, -0.1) is 0 Å². The minimum absolute atomic E-state index is 0.265. The van der Waals surface area contributed by atoms with Crippen LogP contribution >= 0.6 is 24.0 Å². The molecule has 5 atom stereocenters. The van der Waals surface area contributed by atoms with Crippen LogP contribution in [0.2, 0.25) is 0 Å². The monoisotopic (exact) mass is 300 g/mol. The van der Waals surface area contributed by atoms with Gasteiger partial charge in [0.05, 0.1) is 0 Å². The molecule has 3 aliphatic carbocycles. The van der Waals surface area contributed by atoms with Crippen LogP contribution in [0, 0.1) is 23.7 Å². The first-order chi connectivity index (χ1) is 9.15. The summed E-state index contributed by atoms with van der Waals surface area (Å²) in [5.74, 6) is 3.47. The normalized spacial score (nSPS) is 39.1. The van der Waals surface area contributed by atoms with Crippen LogP contribution in [0.15, 0.2) is 0 Å². The van der Waals surface area contributed by atoms with E-state index in [-0.39, 0.29) is 11.9 Å². The molecule has 3 aliphatic rings. The topological polar surface area (TPSA) is 35.5 Å². The zero-order valence-corrected chi connectivity index (χ0v) is 12.8. The van der Waals surface area contributed by atoms with Gasteiger partial charge >= 0.3 is 5.97 Å². The van der Waals surface area contributed by atoms with Crippen molar-refractivity contribution >= 4 is 34.3 Å². The summed E-state index contributed by atoms with van der Waals surface area (Å²) in [6, 6.07) is 0. The number of thiocarbonyl (C=S) groups is 1. The van der Waals surface area contributed by atoms with E-state index >= 15 is 0 Å². The first-order valence-corrected chi connectivity index (χ1v) is 8.51. The molecule has 0 aromatic carbocycles. The van der Waals surface area contributed by atoms with Gasteiger partial charge < -0.3 is 9.47 Å². The summed E-state index contributed by atoms with van der Waals surface area (Å²) in [5, 5.41) is 0. The van der Waals surface area contributed by atoms with Gasteiger partial charge in [-0.2, -0.15) is 0 Å². The molecule has 19 heavy (non-hydrogen) atoms. The standard InChI is InChI=1S/C14H20O3S2/c1-8(15)16-7-19-14(18)17-13-6-9-5-12(13)11-4-2-3-10(9)11/h9-13H,2-7H2,1H3. The maximum Gasteiger partial charge on any atom is 0.303 e. The average Bonchev–Trinajstić information content (AvgIpc) is 2.98. The lowest BCUT2D eigenvalue weighted by Crippen LogP contribution is -2.31. The second-order valence-corrected chi connectivity index (χ2v) is 7.48. The molecular formula is C14H20O3S2. The van der Waals surface area contributed by atoms with Crippen molar-refractivity contribution in [2.75, 3.05) is 5.94 Å². The molecule has 0 spiro atoms. The van der Waals surface area contributed by atoms with Crippen LogP contribution < -0.4 is 0 Å². The van der Waals surface area contributed by atoms with E-state index in [2.05, 4.69) is 0 Å². The molecule has 0 aliphatic heterocycles. The lowest BCUT2D eigenvalue weighted by atomic mass is 9.80. The lowest BCUT2D eigenvalue weighted by Gasteiger charge is -2.31. The zero-order chi connectivity index (χ0) is 13.4. The van der Waals surface area contributed by atoms with Gasteiger partial charge in [0, 0.05) is 6.92 Å². The highest BCUT2D eigenvalue weighted by Gasteiger charge is 2.54. The predicted molar refractivity (Wildman–Crippen MR) is 78.7 cm³/mol. The van der Waals surface area contributed by atoms with Gasteiger partial charge in [0.2, 0.25) is 4.38 Å². The van der Waals surface area contributed by atoms with Crippen molar-refractivity contribution in [1.82, 2.24) is 0 Å². The Labute approximate surface area is 123 Å². The summed E-state index contributed by atoms with van der Waals surface area (Å²) in [7, 11) is 0. The Kier molecular flexibility index (Phi) is 4.03. The number of thioether (sulfide) groups is 1. The van der Waals surface area contributed by atoms with Gasteiger partial charge in [0.1, 0.15) is 12.0 Å². The third kappa shape index (κ3) is 2.77. The summed E-state index contributed by atoms with van der Waals surface area (Å²) in [4.78, 5) is 10.7. The molecular weight excluding hydrogens is 280 g/mol. The fraction of sp³-hybridized carbons (Fsp3) is 0.857. The van der Waals surface area contributed by atoms with Gasteiger partial charge in [-0.25, -0.2) is 0 Å². The fourth-order valence-electron chi connectivity index (χ4n) is 4.46. The molecule has 3 nitrogen and oxygen atoms in total. The minimum atomic E-state index is -0.274. The SMILES string of the molecule is CC(=O)OCSC(=S)OC1CC2CC1C1CCCC21. The highest BCUT2D eigenvalue weighted by molar-refractivity contribution is 8.22. The second-order valence-electron chi connectivity index (χ2n) is 5.96. The van der Waals surface area contributed by atoms with Crippen LogP contribution in [0.25, 0.3) is 0 Å². The second kappa shape index (κ2) is 5.60. The third-order valence-electron chi connectivity index (χ3n) is 5.05. The number of ether oxygens (including phenoxy) is 2. The Morgan fingerprint density at radius 3 is 2.84 bits per heavy atom. The number of carbonyl (C=O) groups is 1. The number of rotatable bonds is 3. The highest BCUT2D eigenvalue weighted by atomic mass is 32.2. The van der Waals surface area contributed by atoms with Crippen LogP contribution in [-0.4, -0.2) is 22.4 Å². The van der Waals surface area contributed by atoms with Crippen molar-refractivity contribution in [2.45, 2.75) is 45.1 Å². The van der Waals surface area contributed by atoms with E-state index in [0.29, 0.717) is 10.5 Å². The Morgan fingerprint density at radius 1 is 1.26 bits per heavy atom. The van der Waals surface area contributed by atoms with E-state index < -0.39 is 0 Å². The van der Waals surface area contributed by atoms with Crippen molar-refractivity contribution in [3.8, 4) is 0 Å². The first-order valence-electron chi connectivity index (χ1n) is 7.12. The molecule has 5 heteroatoms. The average molecular weight is 300 g/mol. The van der Waals surface area contributed by atoms with E-state index in [1.807, 2.05) is 0 Å². The molecule has 0 amide bonds. The highest BCUT2D eigenvalue weighted by Crippen LogP contribution is 2.59. The Morgan fingerprint density at radius 2 is 2.05 bits per heavy atom. The molecule has 0 N–H and O–H groups in total. The summed E-state index contributed by atoms with van der Waals surface area (Å²) >= 11 is 6.54. The first kappa shape index (κ1) is 13.7. The van der Waals surface area contributed by atoms with Crippen LogP contribution in [0.1, 0.15) is 39.0 Å². The number of hydrogen-bond acceptors (Lipinski definition) is 5. The molecule has 5 unspecified atom stereocenters. The maximum atomic E-state index is 10.7. The summed E-state index contributed by atoms with van der Waals surface area (Å²) < 4.78 is 11.3. The molecule has 3 rings (SSSR count). The molecule has 0 heterocycles. The van der Waals surface area contributed by atoms with Crippen molar-refractivity contribution < 1.29 is 14.3 Å². The zero-order valence-electron chi connectivity index (χ0n) is 11.2. The number of fused-ring (bicyclic) bond motifs is 5. The minimum Gasteiger partial charge on any atom is -0.475 e. The van der Waals surface area contributed by atoms with E-state index in [1.54, 1.807) is 0 Å². The Bertz CT molecular complexity index is 385. The quantitative estimate of drug-likeness (QED) is 0.454. The summed E-state index contributed by atoms with van der Waals surface area (Å²) in [5.41, 5.74) is 0. The molecule has 2 bridgehead atoms. The van der Waals surface area contributed by atoms with E-state index in [4.69, 9.17) is 21.7 Å². The van der Waals surface area contributed by atoms with E-state index in [1.165, 1.54) is 50.8 Å². The molecule has 106 valence electrons. The van der Waals surface area contributed by atoms with Gasteiger partial charge in [-0.1, -0.05) is 6.42 Å². The smallest absolute Gasteiger partial charge is 0.303 e. The predicted octanol–water partition coefficient (Wildman–Crippen LogP) is 3.37. The third-order valence-corrected chi connectivity index (χ3v) is 6.07. The largest absolute Gasteiger partial charge is 0.475 e. The van der Waals surface area contributed by atoms with Crippen LogP contribution in [-0.2, 0) is 14.3 Å². The Hall–Kier alpha value is -0.290. The van der Waals surface area contributed by atoms with Crippen LogP contribution in [0.4, 0.5) is 0 Å². The Balaban J connectivity index is 1.46. The molecule has 0 aromatic rings. The van der Waals surface area contributed by atoms with Gasteiger partial charge in [-0.3, -0.25) is 4.79 Å². The van der Waals surface area contributed by atoms with Crippen molar-refractivity contribution in [1.29, 1.82) is 0 Å². The number of carbonyl (C=O) groups excluding carboxylic acids is 1. The van der Waals surface area contributed by atoms with Gasteiger partial charge in [-0.05, 0) is 73.3 Å². The van der Waals surface area contributed by atoms with Crippen LogP contribution in [0.5, 0.6) is 0 Å². The van der Waals surface area contributed by atoms with E-state index in [0.717, 1.165) is 23.7 Å². The van der Waals surface area contributed by atoms with Crippen molar-refractivity contribution in [2.24, 2.45) is 23.7 Å². The van der Waals surface area contributed by atoms with Gasteiger partial charge in [0.25, 0.3) is 0 Å². The van der Waals surface area contributed by atoms with Crippen molar-refractivity contribution in [3.05, 3.63) is 0 Å². The van der Waals surface area contributed by atoms with E-state index in [9.17, 15) is 4.79 Å². The molecule has 0 aromatic heterocycles. The fourth-order valence-corrected chi connectivity index (χ4v) is 5.24.